The van der Waals surface area contributed by atoms with E-state index < -0.39 is 11.7 Å². The molecule has 2 nitrogen and oxygen atoms in total. The van der Waals surface area contributed by atoms with Crippen molar-refractivity contribution in [1.82, 2.24) is 0 Å². The van der Waals surface area contributed by atoms with Crippen LogP contribution in [0.4, 0.5) is 0 Å². The monoisotopic (exact) mass is 185 g/mol. The lowest BCUT2D eigenvalue weighted by molar-refractivity contribution is 0.0542. The summed E-state index contributed by atoms with van der Waals surface area (Å²) >= 11 is 5.72. The predicted molar refractivity (Wildman–Crippen MR) is 46.9 cm³/mol. The Labute approximate surface area is 76.7 Å². The van der Waals surface area contributed by atoms with Crippen molar-refractivity contribution in [2.45, 2.75) is 12.0 Å². The Balaban J connectivity index is 2.64. The fraction of sp³-hybridized carbons (Fsp3) is 0.333. The average molecular weight is 186 g/mol. The van der Waals surface area contributed by atoms with Gasteiger partial charge in [-0.05, 0) is 19.1 Å². The smallest absolute Gasteiger partial charge is 0.205 e. The van der Waals surface area contributed by atoms with Crippen molar-refractivity contribution in [1.29, 1.82) is 0 Å². The van der Waals surface area contributed by atoms with E-state index in [-0.39, 0.29) is 0 Å². The first-order valence-corrected chi connectivity index (χ1v) is 4.03. The van der Waals surface area contributed by atoms with Crippen molar-refractivity contribution >= 4 is 11.6 Å². The van der Waals surface area contributed by atoms with Crippen molar-refractivity contribution in [3.8, 4) is 5.75 Å². The molecule has 0 N–H and O–H groups in total. The number of hydrogen-bond acceptors (Lipinski definition) is 1. The van der Waals surface area contributed by atoms with Crippen LogP contribution in [0, 0.1) is 0 Å². The molecular formula is C9H10ClO2. The van der Waals surface area contributed by atoms with Crippen LogP contribution in [-0.4, -0.2) is 11.7 Å². The van der Waals surface area contributed by atoms with Gasteiger partial charge in [-0.15, -0.1) is 0 Å². The normalized spacial score (nSPS) is 15.2. The molecule has 0 spiro atoms. The third kappa shape index (κ3) is 2.72. The summed E-state index contributed by atoms with van der Waals surface area (Å²) in [7, 11) is 0. The van der Waals surface area contributed by atoms with E-state index in [9.17, 15) is 5.11 Å². The Morgan fingerprint density at radius 2 is 2.00 bits per heavy atom. The molecule has 1 unspecified atom stereocenters. The Morgan fingerprint density at radius 3 is 2.50 bits per heavy atom. The van der Waals surface area contributed by atoms with Gasteiger partial charge < -0.3 is 4.74 Å². The Bertz CT molecular complexity index is 234. The Morgan fingerprint density at radius 1 is 1.42 bits per heavy atom. The first-order valence-electron chi connectivity index (χ1n) is 3.65. The van der Waals surface area contributed by atoms with E-state index in [0.29, 0.717) is 5.75 Å². The van der Waals surface area contributed by atoms with Gasteiger partial charge >= 0.3 is 0 Å². The van der Waals surface area contributed by atoms with E-state index in [1.807, 2.05) is 18.2 Å². The fourth-order valence-corrected chi connectivity index (χ4v) is 0.853. The maximum absolute atomic E-state index is 10.5. The van der Waals surface area contributed by atoms with Gasteiger partial charge in [0.05, 0.1) is 0 Å². The van der Waals surface area contributed by atoms with Gasteiger partial charge in [-0.1, -0.05) is 29.8 Å². The molecule has 0 saturated heterocycles. The third-order valence-corrected chi connectivity index (χ3v) is 1.52. The van der Waals surface area contributed by atoms with E-state index >= 15 is 0 Å². The number of ether oxygens (including phenoxy) is 1. The van der Waals surface area contributed by atoms with E-state index in [1.54, 1.807) is 19.1 Å². The van der Waals surface area contributed by atoms with Gasteiger partial charge in [-0.2, -0.15) is 0 Å². The number of para-hydroxylation sites is 1. The molecule has 1 rings (SSSR count). The zero-order valence-electron chi connectivity index (χ0n) is 6.79. The van der Waals surface area contributed by atoms with Crippen LogP contribution >= 0.6 is 11.6 Å². The van der Waals surface area contributed by atoms with Gasteiger partial charge in [0, 0.05) is 0 Å². The molecule has 12 heavy (non-hydrogen) atoms. The zero-order valence-corrected chi connectivity index (χ0v) is 7.54. The van der Waals surface area contributed by atoms with E-state index in [2.05, 4.69) is 0 Å². The SMILES string of the molecule is CC(Cl)(C[O])Oc1ccccc1. The van der Waals surface area contributed by atoms with Crippen molar-refractivity contribution in [2.75, 3.05) is 6.61 Å². The standard InChI is InChI=1S/C9H10ClO2/c1-9(10,7-11)12-8-5-3-2-4-6-8/h2-6H,7H2,1H3. The topological polar surface area (TPSA) is 29.1 Å². The fourth-order valence-electron chi connectivity index (χ4n) is 0.764. The summed E-state index contributed by atoms with van der Waals surface area (Å²) in [5.74, 6) is 0.617. The maximum atomic E-state index is 10.5. The molecular weight excluding hydrogens is 176 g/mol. The number of alkyl halides is 1. The van der Waals surface area contributed by atoms with Gasteiger partial charge in [0.15, 0.2) is 0 Å². The number of hydrogen-bond donors (Lipinski definition) is 0. The van der Waals surface area contributed by atoms with E-state index in [1.165, 1.54) is 0 Å². The quantitative estimate of drug-likeness (QED) is 0.665. The third-order valence-electron chi connectivity index (χ3n) is 1.33. The molecule has 0 aliphatic heterocycles. The molecule has 1 atom stereocenters. The van der Waals surface area contributed by atoms with Crippen LogP contribution in [0.25, 0.3) is 0 Å². The highest BCUT2D eigenvalue weighted by atomic mass is 35.5. The molecule has 0 bridgehead atoms. The predicted octanol–water partition coefficient (Wildman–Crippen LogP) is 2.45. The average Bonchev–Trinajstić information content (AvgIpc) is 2.06. The minimum absolute atomic E-state index is 0.469. The minimum atomic E-state index is -1.14. The molecule has 0 fully saturated rings. The van der Waals surface area contributed by atoms with Crippen LogP contribution in [0.2, 0.25) is 0 Å². The molecule has 1 radical (unpaired) electrons. The Kier molecular flexibility index (Phi) is 2.95. The summed E-state index contributed by atoms with van der Waals surface area (Å²) in [6.07, 6.45) is 0. The van der Waals surface area contributed by atoms with Gasteiger partial charge in [-0.25, -0.2) is 5.11 Å². The second-order valence-corrected chi connectivity index (χ2v) is 3.46. The molecule has 0 aromatic heterocycles. The highest BCUT2D eigenvalue weighted by Gasteiger charge is 2.21. The maximum Gasteiger partial charge on any atom is 0.205 e. The van der Waals surface area contributed by atoms with Crippen LogP contribution in [0.1, 0.15) is 6.92 Å². The molecule has 65 valence electrons. The lowest BCUT2D eigenvalue weighted by atomic mass is 10.3. The van der Waals surface area contributed by atoms with E-state index in [0.717, 1.165) is 0 Å². The van der Waals surface area contributed by atoms with Crippen LogP contribution < -0.4 is 4.74 Å². The first-order chi connectivity index (χ1) is 5.64. The summed E-state index contributed by atoms with van der Waals surface area (Å²) in [4.78, 5) is 0. The van der Waals surface area contributed by atoms with Crippen molar-refractivity contribution in [3.63, 3.8) is 0 Å². The molecule has 0 heterocycles. The lowest BCUT2D eigenvalue weighted by Crippen LogP contribution is -2.28. The van der Waals surface area contributed by atoms with Crippen LogP contribution in [0.5, 0.6) is 5.75 Å². The van der Waals surface area contributed by atoms with Gasteiger partial charge in [-0.3, -0.25) is 0 Å². The summed E-state index contributed by atoms with van der Waals surface area (Å²) in [5, 5.41) is 9.36. The molecule has 1 aromatic carbocycles. The van der Waals surface area contributed by atoms with Crippen molar-refractivity contribution in [2.24, 2.45) is 0 Å². The number of halogens is 1. The minimum Gasteiger partial charge on any atom is -0.470 e. The molecule has 1 aromatic rings. The summed E-state index contributed by atoms with van der Waals surface area (Å²) in [5.41, 5.74) is 0. The van der Waals surface area contributed by atoms with Gasteiger partial charge in [0.2, 0.25) is 5.06 Å². The van der Waals surface area contributed by atoms with Crippen LogP contribution in [0.3, 0.4) is 0 Å². The van der Waals surface area contributed by atoms with Crippen LogP contribution in [-0.2, 0) is 5.11 Å². The molecule has 0 saturated carbocycles. The molecule has 0 amide bonds. The summed E-state index contributed by atoms with van der Waals surface area (Å²) < 4.78 is 5.20. The molecule has 3 heteroatoms. The first kappa shape index (κ1) is 9.36. The van der Waals surface area contributed by atoms with E-state index in [4.69, 9.17) is 16.3 Å². The second-order valence-electron chi connectivity index (χ2n) is 2.66. The summed E-state index contributed by atoms with van der Waals surface area (Å²) in [6, 6.07) is 9.04. The largest absolute Gasteiger partial charge is 0.470 e. The second kappa shape index (κ2) is 3.78. The van der Waals surface area contributed by atoms with Gasteiger partial charge in [0.25, 0.3) is 0 Å². The van der Waals surface area contributed by atoms with Gasteiger partial charge in [0.1, 0.15) is 12.4 Å². The Hall–Kier alpha value is -0.730. The highest BCUT2D eigenvalue weighted by Crippen LogP contribution is 2.20. The highest BCUT2D eigenvalue weighted by molar-refractivity contribution is 6.22. The zero-order chi connectivity index (χ0) is 9.03. The van der Waals surface area contributed by atoms with Crippen molar-refractivity contribution < 1.29 is 9.84 Å². The lowest BCUT2D eigenvalue weighted by Gasteiger charge is -2.19. The number of rotatable bonds is 3. The number of benzene rings is 1. The van der Waals surface area contributed by atoms with Crippen molar-refractivity contribution in [3.05, 3.63) is 30.3 Å². The van der Waals surface area contributed by atoms with Crippen LogP contribution in [0.15, 0.2) is 30.3 Å². The molecule has 0 aliphatic carbocycles. The molecule has 0 aliphatic rings. The summed E-state index contributed by atoms with van der Waals surface area (Å²) in [6.45, 7) is 1.08.